The van der Waals surface area contributed by atoms with Gasteiger partial charge in [0.25, 0.3) is 5.91 Å². The second kappa shape index (κ2) is 12.7. The molecule has 2 aliphatic heterocycles. The lowest BCUT2D eigenvalue weighted by molar-refractivity contribution is -0.144. The number of ether oxygens (including phenoxy) is 1. The van der Waals surface area contributed by atoms with Gasteiger partial charge in [0.05, 0.1) is 5.69 Å². The van der Waals surface area contributed by atoms with Gasteiger partial charge in [-0.2, -0.15) is 0 Å². The summed E-state index contributed by atoms with van der Waals surface area (Å²) in [6.07, 6.45) is 0.802. The molecule has 41 heavy (non-hydrogen) atoms. The molecule has 1 unspecified atom stereocenters. The number of rotatable bonds is 7. The van der Waals surface area contributed by atoms with Crippen LogP contribution >= 0.6 is 0 Å². The summed E-state index contributed by atoms with van der Waals surface area (Å²) in [6.45, 7) is 3.36. The number of amides is 4. The van der Waals surface area contributed by atoms with E-state index < -0.39 is 12.1 Å². The number of hydrogen-bond donors (Lipinski definition) is 2. The third-order valence-electron chi connectivity index (χ3n) is 7.59. The zero-order valence-corrected chi connectivity index (χ0v) is 23.0. The molecule has 0 radical (unpaired) electrons. The maximum Gasteiger partial charge on any atom is 0.317 e. The molecule has 2 aliphatic rings. The lowest BCUT2D eigenvalue weighted by Gasteiger charge is -2.32. The molecule has 3 aromatic carbocycles. The third-order valence-corrected chi connectivity index (χ3v) is 7.59. The largest absolute Gasteiger partial charge is 0.453 e. The zero-order valence-electron chi connectivity index (χ0n) is 23.0. The van der Waals surface area contributed by atoms with Crippen LogP contribution in [0.3, 0.4) is 0 Å². The fraction of sp³-hybridized carbons (Fsp3) is 0.312. The van der Waals surface area contributed by atoms with Crippen molar-refractivity contribution in [2.45, 2.75) is 32.4 Å². The lowest BCUT2D eigenvalue weighted by atomic mass is 9.97. The van der Waals surface area contributed by atoms with E-state index >= 15 is 0 Å². The van der Waals surface area contributed by atoms with E-state index in [4.69, 9.17) is 4.74 Å². The van der Waals surface area contributed by atoms with Crippen molar-refractivity contribution < 1.29 is 23.9 Å². The Morgan fingerprint density at radius 3 is 2.24 bits per heavy atom. The Labute approximate surface area is 239 Å². The molecule has 0 aliphatic carbocycles. The van der Waals surface area contributed by atoms with Crippen molar-refractivity contribution in [3.05, 3.63) is 101 Å². The Balaban J connectivity index is 1.19. The lowest BCUT2D eigenvalue weighted by Crippen LogP contribution is -2.47. The van der Waals surface area contributed by atoms with Gasteiger partial charge in [-0.3, -0.25) is 19.3 Å². The molecule has 2 N–H and O–H groups in total. The summed E-state index contributed by atoms with van der Waals surface area (Å²) in [7, 11) is 0. The number of para-hydroxylation sites is 1. The Morgan fingerprint density at radius 1 is 0.854 bits per heavy atom. The number of hydrogen-bond acceptors (Lipinski definition) is 5. The molecule has 4 amide bonds. The molecule has 9 heteroatoms. The fourth-order valence-corrected chi connectivity index (χ4v) is 5.43. The molecule has 0 saturated carbocycles. The van der Waals surface area contributed by atoms with Gasteiger partial charge in [0.15, 0.2) is 6.10 Å². The number of nitrogens with one attached hydrogen (secondary N) is 2. The number of fused-ring (bicyclic) bond motifs is 2. The highest BCUT2D eigenvalue weighted by Crippen LogP contribution is 2.39. The summed E-state index contributed by atoms with van der Waals surface area (Å²) in [4.78, 5) is 54.6. The van der Waals surface area contributed by atoms with Gasteiger partial charge in [0.2, 0.25) is 5.91 Å². The molecular weight excluding hydrogens is 520 g/mol. The van der Waals surface area contributed by atoms with Crippen molar-refractivity contribution in [2.75, 3.05) is 31.1 Å². The van der Waals surface area contributed by atoms with Gasteiger partial charge in [0.1, 0.15) is 6.54 Å². The summed E-state index contributed by atoms with van der Waals surface area (Å²) >= 11 is 0. The average Bonchev–Trinajstić information content (AvgIpc) is 3.09. The van der Waals surface area contributed by atoms with E-state index in [0.29, 0.717) is 48.6 Å². The number of likely N-dealkylation sites (tertiary alicyclic amines) is 1. The molecule has 0 aromatic heterocycles. The van der Waals surface area contributed by atoms with E-state index in [9.17, 15) is 19.2 Å². The Hall–Kier alpha value is -4.66. The predicted molar refractivity (Wildman–Crippen MR) is 154 cm³/mol. The van der Waals surface area contributed by atoms with Crippen LogP contribution < -0.4 is 15.5 Å². The van der Waals surface area contributed by atoms with Crippen LogP contribution in [-0.2, 0) is 20.9 Å². The SMILES string of the molecule is CC(=O)OC1c2ccccc2C(=O)N(CC(=O)NCC2CCN(C(=O)NCc3ccccc3)CC2)c2ccccc21. The summed E-state index contributed by atoms with van der Waals surface area (Å²) < 4.78 is 5.66. The molecule has 1 saturated heterocycles. The van der Waals surface area contributed by atoms with Gasteiger partial charge in [-0.1, -0.05) is 66.7 Å². The van der Waals surface area contributed by atoms with E-state index in [1.54, 1.807) is 36.4 Å². The maximum absolute atomic E-state index is 13.7. The highest BCUT2D eigenvalue weighted by atomic mass is 16.5. The summed E-state index contributed by atoms with van der Waals surface area (Å²) in [5, 5.41) is 5.96. The van der Waals surface area contributed by atoms with Crippen LogP contribution in [0.4, 0.5) is 10.5 Å². The quantitative estimate of drug-likeness (QED) is 0.429. The standard InChI is InChI=1S/C32H34N4O5/c1-22(37)41-30-25-11-5-6-12-26(25)31(39)36(28-14-8-7-13-27(28)30)21-29(38)33-19-24-15-17-35(18-16-24)32(40)34-20-23-9-3-2-4-10-23/h2-14,24,30H,15-21H2,1H3,(H,33,38)(H,34,40). The number of anilines is 1. The Kier molecular flexibility index (Phi) is 8.62. The Morgan fingerprint density at radius 2 is 1.51 bits per heavy atom. The van der Waals surface area contributed by atoms with Crippen LogP contribution in [0.2, 0.25) is 0 Å². The second-order valence-electron chi connectivity index (χ2n) is 10.4. The van der Waals surface area contributed by atoms with Crippen molar-refractivity contribution >= 4 is 29.5 Å². The first-order valence-corrected chi connectivity index (χ1v) is 13.9. The van der Waals surface area contributed by atoms with Gasteiger partial charge in [-0.05, 0) is 36.5 Å². The normalized spacial score (nSPS) is 16.7. The number of carbonyl (C=O) groups excluding carboxylic acids is 4. The van der Waals surface area contributed by atoms with E-state index in [2.05, 4.69) is 10.6 Å². The van der Waals surface area contributed by atoms with Gasteiger partial charge < -0.3 is 20.3 Å². The van der Waals surface area contributed by atoms with Crippen molar-refractivity contribution in [1.29, 1.82) is 0 Å². The smallest absolute Gasteiger partial charge is 0.317 e. The molecule has 1 fully saturated rings. The van der Waals surface area contributed by atoms with Gasteiger partial charge in [-0.15, -0.1) is 0 Å². The van der Waals surface area contributed by atoms with Crippen molar-refractivity contribution in [3.8, 4) is 0 Å². The van der Waals surface area contributed by atoms with E-state index in [-0.39, 0.29) is 30.3 Å². The van der Waals surface area contributed by atoms with Crippen LogP contribution in [0.5, 0.6) is 0 Å². The molecule has 0 bridgehead atoms. The molecule has 1 atom stereocenters. The minimum atomic E-state index is -0.757. The zero-order chi connectivity index (χ0) is 28.8. The molecular formula is C32H34N4O5. The summed E-state index contributed by atoms with van der Waals surface area (Å²) in [5.41, 5.74) is 3.20. The number of carbonyl (C=O) groups is 4. The number of piperidine rings is 1. The highest BCUT2D eigenvalue weighted by Gasteiger charge is 2.35. The Bertz CT molecular complexity index is 1420. The van der Waals surface area contributed by atoms with Crippen LogP contribution in [0.1, 0.15) is 52.9 Å². The second-order valence-corrected chi connectivity index (χ2v) is 10.4. The van der Waals surface area contributed by atoms with E-state index in [1.165, 1.54) is 11.8 Å². The molecule has 9 nitrogen and oxygen atoms in total. The molecule has 2 heterocycles. The first kappa shape index (κ1) is 27.9. The monoisotopic (exact) mass is 554 g/mol. The van der Waals surface area contributed by atoms with Crippen molar-refractivity contribution in [3.63, 3.8) is 0 Å². The first-order chi connectivity index (χ1) is 19.9. The summed E-state index contributed by atoms with van der Waals surface area (Å²) in [6, 6.07) is 23.9. The van der Waals surface area contributed by atoms with Crippen LogP contribution in [0.25, 0.3) is 0 Å². The number of nitrogens with zero attached hydrogens (tertiary/aromatic N) is 2. The van der Waals surface area contributed by atoms with Crippen LogP contribution in [-0.4, -0.2) is 54.9 Å². The fourth-order valence-electron chi connectivity index (χ4n) is 5.43. The number of benzene rings is 3. The third kappa shape index (κ3) is 6.57. The predicted octanol–water partition coefficient (Wildman–Crippen LogP) is 4.04. The van der Waals surface area contributed by atoms with Crippen molar-refractivity contribution in [2.24, 2.45) is 5.92 Å². The first-order valence-electron chi connectivity index (χ1n) is 13.9. The van der Waals surface area contributed by atoms with Crippen LogP contribution in [0, 0.1) is 5.92 Å². The van der Waals surface area contributed by atoms with Crippen molar-refractivity contribution in [1.82, 2.24) is 15.5 Å². The van der Waals surface area contributed by atoms with Gasteiger partial charge >= 0.3 is 12.0 Å². The minimum absolute atomic E-state index is 0.0815. The number of urea groups is 1. The molecule has 0 spiro atoms. The van der Waals surface area contributed by atoms with Gasteiger partial charge in [0, 0.05) is 49.8 Å². The minimum Gasteiger partial charge on any atom is -0.453 e. The highest BCUT2D eigenvalue weighted by molar-refractivity contribution is 6.11. The maximum atomic E-state index is 13.7. The molecule has 3 aromatic rings. The van der Waals surface area contributed by atoms with Gasteiger partial charge in [-0.25, -0.2) is 4.79 Å². The number of esters is 1. The molecule has 212 valence electrons. The van der Waals surface area contributed by atoms with Crippen LogP contribution in [0.15, 0.2) is 78.9 Å². The topological polar surface area (TPSA) is 108 Å². The summed E-state index contributed by atoms with van der Waals surface area (Å²) in [5.74, 6) is -0.830. The van der Waals surface area contributed by atoms with E-state index in [1.807, 2.05) is 47.4 Å². The van der Waals surface area contributed by atoms with E-state index in [0.717, 1.165) is 18.4 Å². The average molecular weight is 555 g/mol. The molecule has 5 rings (SSSR count).